The summed E-state index contributed by atoms with van der Waals surface area (Å²) in [6, 6.07) is 3.67. The average molecular weight is 297 g/mol. The number of halogens is 1. The zero-order chi connectivity index (χ0) is 11.5. The molecular weight excluding hydrogens is 288 g/mol. The van der Waals surface area contributed by atoms with Gasteiger partial charge in [-0.3, -0.25) is 0 Å². The average Bonchev–Trinajstić information content (AvgIpc) is 2.22. The number of nitrogens with zero attached hydrogens (tertiary/aromatic N) is 3. The Morgan fingerprint density at radius 3 is 2.88 bits per heavy atom. The smallest absolute Gasteiger partial charge is 0.194 e. The molecule has 0 unspecified atom stereocenters. The molecule has 0 aliphatic carbocycles. The summed E-state index contributed by atoms with van der Waals surface area (Å²) < 4.78 is 0.850. The van der Waals surface area contributed by atoms with Crippen molar-refractivity contribution in [3.05, 3.63) is 34.7 Å². The maximum atomic E-state index is 5.61. The van der Waals surface area contributed by atoms with Gasteiger partial charge in [-0.25, -0.2) is 15.0 Å². The lowest BCUT2D eigenvalue weighted by molar-refractivity contribution is 0.926. The van der Waals surface area contributed by atoms with Gasteiger partial charge in [0, 0.05) is 11.9 Å². The Labute approximate surface area is 106 Å². The first-order valence-corrected chi connectivity index (χ1v) is 6.14. The number of pyridine rings is 1. The summed E-state index contributed by atoms with van der Waals surface area (Å²) in [5.74, 6) is 0. The third kappa shape index (κ3) is 2.70. The van der Waals surface area contributed by atoms with E-state index in [4.69, 9.17) is 5.73 Å². The Balaban J connectivity index is 2.27. The van der Waals surface area contributed by atoms with Crippen molar-refractivity contribution in [2.24, 2.45) is 0 Å². The summed E-state index contributed by atoms with van der Waals surface area (Å²) >= 11 is 4.81. The van der Waals surface area contributed by atoms with Crippen LogP contribution in [0.1, 0.15) is 5.69 Å². The summed E-state index contributed by atoms with van der Waals surface area (Å²) in [5, 5.41) is 1.48. The van der Waals surface area contributed by atoms with Crippen LogP contribution in [0.4, 0.5) is 5.69 Å². The molecule has 16 heavy (non-hydrogen) atoms. The molecule has 0 atom stereocenters. The van der Waals surface area contributed by atoms with Gasteiger partial charge in [-0.2, -0.15) is 0 Å². The number of aromatic nitrogens is 3. The van der Waals surface area contributed by atoms with Gasteiger partial charge < -0.3 is 5.73 Å². The maximum absolute atomic E-state index is 5.61. The summed E-state index contributed by atoms with van der Waals surface area (Å²) in [7, 11) is 0. The normalized spacial score (nSPS) is 10.4. The lowest BCUT2D eigenvalue weighted by Crippen LogP contribution is -1.92. The SMILES string of the molecule is Cc1ccnc(Sc2ncc(N)cc2Br)n1. The van der Waals surface area contributed by atoms with Gasteiger partial charge in [0.25, 0.3) is 0 Å². The monoisotopic (exact) mass is 296 g/mol. The molecule has 82 valence electrons. The molecule has 0 aliphatic rings. The van der Waals surface area contributed by atoms with Gasteiger partial charge in [0.1, 0.15) is 5.03 Å². The molecule has 2 rings (SSSR count). The van der Waals surface area contributed by atoms with E-state index in [-0.39, 0.29) is 0 Å². The fourth-order valence-corrected chi connectivity index (χ4v) is 2.42. The molecule has 0 spiro atoms. The highest BCUT2D eigenvalue weighted by molar-refractivity contribution is 9.10. The van der Waals surface area contributed by atoms with E-state index in [0.29, 0.717) is 10.8 Å². The van der Waals surface area contributed by atoms with E-state index in [1.54, 1.807) is 12.4 Å². The van der Waals surface area contributed by atoms with Crippen LogP contribution in [0, 0.1) is 6.92 Å². The van der Waals surface area contributed by atoms with E-state index in [0.717, 1.165) is 15.2 Å². The first-order chi connectivity index (χ1) is 7.65. The summed E-state index contributed by atoms with van der Waals surface area (Å²) in [6.07, 6.45) is 3.35. The molecule has 2 aromatic heterocycles. The predicted octanol–water partition coefficient (Wildman–Crippen LogP) is 2.68. The number of anilines is 1. The Hall–Kier alpha value is -1.14. The van der Waals surface area contributed by atoms with E-state index in [1.165, 1.54) is 11.8 Å². The molecule has 4 nitrogen and oxygen atoms in total. The van der Waals surface area contributed by atoms with Crippen molar-refractivity contribution >= 4 is 33.4 Å². The van der Waals surface area contributed by atoms with Crippen molar-refractivity contribution in [2.45, 2.75) is 17.1 Å². The number of nitrogen functional groups attached to an aromatic ring is 1. The van der Waals surface area contributed by atoms with Crippen LogP contribution in [0.25, 0.3) is 0 Å². The molecule has 0 fully saturated rings. The van der Waals surface area contributed by atoms with Gasteiger partial charge in [-0.1, -0.05) is 0 Å². The highest BCUT2D eigenvalue weighted by Crippen LogP contribution is 2.30. The molecule has 0 saturated carbocycles. The van der Waals surface area contributed by atoms with Gasteiger partial charge >= 0.3 is 0 Å². The molecule has 0 aromatic carbocycles. The molecule has 0 amide bonds. The molecule has 0 saturated heterocycles. The number of hydrogen-bond acceptors (Lipinski definition) is 5. The van der Waals surface area contributed by atoms with Crippen LogP contribution in [0.3, 0.4) is 0 Å². The van der Waals surface area contributed by atoms with Crippen molar-refractivity contribution < 1.29 is 0 Å². The van der Waals surface area contributed by atoms with E-state index in [2.05, 4.69) is 30.9 Å². The second-order valence-corrected chi connectivity index (χ2v) is 4.95. The molecular formula is C10H9BrN4S. The van der Waals surface area contributed by atoms with E-state index in [1.807, 2.05) is 19.1 Å². The second kappa shape index (κ2) is 4.80. The minimum absolute atomic E-state index is 0.626. The van der Waals surface area contributed by atoms with Gasteiger partial charge in [-0.05, 0) is 46.7 Å². The second-order valence-electron chi connectivity index (χ2n) is 3.14. The highest BCUT2D eigenvalue weighted by Gasteiger charge is 2.06. The predicted molar refractivity (Wildman–Crippen MR) is 67.2 cm³/mol. The molecule has 6 heteroatoms. The Bertz CT molecular complexity index is 518. The van der Waals surface area contributed by atoms with Crippen LogP contribution in [0.5, 0.6) is 0 Å². The van der Waals surface area contributed by atoms with Gasteiger partial charge in [0.05, 0.1) is 16.4 Å². The fraction of sp³-hybridized carbons (Fsp3) is 0.100. The summed E-state index contributed by atoms with van der Waals surface area (Å²) in [6.45, 7) is 1.93. The van der Waals surface area contributed by atoms with Gasteiger partial charge in [0.15, 0.2) is 5.16 Å². The zero-order valence-corrected chi connectivity index (χ0v) is 10.9. The van der Waals surface area contributed by atoms with Crippen LogP contribution in [0.15, 0.2) is 39.2 Å². The third-order valence-corrected chi connectivity index (χ3v) is 3.55. The van der Waals surface area contributed by atoms with Crippen molar-refractivity contribution in [3.8, 4) is 0 Å². The molecule has 2 heterocycles. The molecule has 2 N–H and O–H groups in total. The standard InChI is InChI=1S/C10H9BrN4S/c1-6-2-3-13-10(15-6)16-9-8(11)4-7(12)5-14-9/h2-5H,12H2,1H3. The zero-order valence-electron chi connectivity index (χ0n) is 8.51. The first kappa shape index (κ1) is 11.3. The van der Waals surface area contributed by atoms with Crippen LogP contribution in [0.2, 0.25) is 0 Å². The van der Waals surface area contributed by atoms with Crippen molar-refractivity contribution in [2.75, 3.05) is 5.73 Å². The van der Waals surface area contributed by atoms with Gasteiger partial charge in [0.2, 0.25) is 0 Å². The summed E-state index contributed by atoms with van der Waals surface area (Å²) in [4.78, 5) is 12.7. The Morgan fingerprint density at radius 2 is 2.19 bits per heavy atom. The maximum Gasteiger partial charge on any atom is 0.194 e. The van der Waals surface area contributed by atoms with E-state index in [9.17, 15) is 0 Å². The largest absolute Gasteiger partial charge is 0.397 e. The third-order valence-electron chi connectivity index (χ3n) is 1.79. The molecule has 0 bridgehead atoms. The van der Waals surface area contributed by atoms with E-state index >= 15 is 0 Å². The van der Waals surface area contributed by atoms with Crippen LogP contribution >= 0.6 is 27.7 Å². The lowest BCUT2D eigenvalue weighted by atomic mass is 10.4. The summed E-state index contributed by atoms with van der Waals surface area (Å²) in [5.41, 5.74) is 7.17. The number of rotatable bonds is 2. The first-order valence-electron chi connectivity index (χ1n) is 4.53. The quantitative estimate of drug-likeness (QED) is 0.863. The number of aryl methyl sites for hydroxylation is 1. The fourth-order valence-electron chi connectivity index (χ4n) is 1.08. The topological polar surface area (TPSA) is 64.7 Å². The minimum Gasteiger partial charge on any atom is -0.397 e. The van der Waals surface area contributed by atoms with Crippen LogP contribution in [-0.2, 0) is 0 Å². The number of nitrogens with two attached hydrogens (primary N) is 1. The Kier molecular flexibility index (Phi) is 3.40. The molecule has 0 aliphatic heterocycles. The lowest BCUT2D eigenvalue weighted by Gasteiger charge is -2.03. The minimum atomic E-state index is 0.626. The van der Waals surface area contributed by atoms with E-state index < -0.39 is 0 Å². The van der Waals surface area contributed by atoms with Crippen LogP contribution < -0.4 is 5.73 Å². The van der Waals surface area contributed by atoms with Gasteiger partial charge in [-0.15, -0.1) is 0 Å². The van der Waals surface area contributed by atoms with Crippen molar-refractivity contribution in [3.63, 3.8) is 0 Å². The van der Waals surface area contributed by atoms with Crippen LogP contribution in [-0.4, -0.2) is 15.0 Å². The van der Waals surface area contributed by atoms with Crippen molar-refractivity contribution in [1.29, 1.82) is 0 Å². The van der Waals surface area contributed by atoms with Crippen molar-refractivity contribution in [1.82, 2.24) is 15.0 Å². The number of hydrogen-bond donors (Lipinski definition) is 1. The highest BCUT2D eigenvalue weighted by atomic mass is 79.9. The molecule has 2 aromatic rings. The molecule has 0 radical (unpaired) electrons. The Morgan fingerprint density at radius 1 is 1.38 bits per heavy atom.